The van der Waals surface area contributed by atoms with Gasteiger partial charge in [-0.15, -0.1) is 0 Å². The number of aromatic nitrogens is 7. The number of ether oxygens (including phenoxy) is 1. The van der Waals surface area contributed by atoms with E-state index in [-0.39, 0.29) is 24.3 Å². The fraction of sp³-hybridized carbons (Fsp3) is 0.440. The highest BCUT2D eigenvalue weighted by molar-refractivity contribution is 14.2. The maximum Gasteiger partial charge on any atom is 0.271 e. The number of aromatic amines is 1. The van der Waals surface area contributed by atoms with E-state index in [1.165, 1.54) is 0 Å². The third kappa shape index (κ3) is 4.83. The summed E-state index contributed by atoms with van der Waals surface area (Å²) < 4.78 is 12.0. The SMILES string of the molecule is CCN1Cc2c(c(=O)[nH]n2C(C)CO)/C=C/c2nn(PI)c3cnc(cc23)-c2c(C)nn(C)c2O[C@H](C)C1. The summed E-state index contributed by atoms with van der Waals surface area (Å²) in [6.07, 6.45) is 5.81. The monoisotopic (exact) mass is 650 g/mol. The van der Waals surface area contributed by atoms with Crippen LogP contribution in [0.5, 0.6) is 5.88 Å². The van der Waals surface area contributed by atoms with E-state index >= 15 is 0 Å². The Labute approximate surface area is 235 Å². The number of aliphatic hydroxyl groups is 1. The first-order chi connectivity index (χ1) is 18.2. The predicted molar refractivity (Wildman–Crippen MR) is 159 cm³/mol. The molecule has 4 aromatic heterocycles. The summed E-state index contributed by atoms with van der Waals surface area (Å²) in [5, 5.41) is 23.2. The van der Waals surface area contributed by atoms with Crippen molar-refractivity contribution in [3.63, 3.8) is 0 Å². The molecular formula is C25H32IN8O3P. The third-order valence-electron chi connectivity index (χ3n) is 6.93. The highest BCUT2D eigenvalue weighted by Crippen LogP contribution is 2.37. The maximum atomic E-state index is 13.1. The Morgan fingerprint density at radius 1 is 1.34 bits per heavy atom. The number of aliphatic hydroxyl groups excluding tert-OH is 1. The van der Waals surface area contributed by atoms with Gasteiger partial charge in [0.05, 0.1) is 64.6 Å². The van der Waals surface area contributed by atoms with Crippen LogP contribution >= 0.6 is 28.4 Å². The largest absolute Gasteiger partial charge is 0.473 e. The van der Waals surface area contributed by atoms with Gasteiger partial charge in [-0.25, -0.2) is 9.13 Å². The van der Waals surface area contributed by atoms with E-state index in [4.69, 9.17) is 14.8 Å². The second-order valence-electron chi connectivity index (χ2n) is 9.65. The lowest BCUT2D eigenvalue weighted by atomic mass is 10.1. The van der Waals surface area contributed by atoms with Crippen molar-refractivity contribution in [2.24, 2.45) is 7.05 Å². The van der Waals surface area contributed by atoms with Crippen LogP contribution in [0.1, 0.15) is 49.5 Å². The molecule has 5 heterocycles. The Hall–Kier alpha value is -2.54. The van der Waals surface area contributed by atoms with Crippen LogP contribution in [0.3, 0.4) is 0 Å². The molecule has 1 aliphatic heterocycles. The number of H-pyrrole nitrogens is 1. The zero-order valence-electron chi connectivity index (χ0n) is 22.1. The van der Waals surface area contributed by atoms with E-state index in [1.807, 2.05) is 56.7 Å². The number of rotatable bonds is 4. The minimum Gasteiger partial charge on any atom is -0.473 e. The maximum absolute atomic E-state index is 13.1. The van der Waals surface area contributed by atoms with E-state index in [9.17, 15) is 9.90 Å². The van der Waals surface area contributed by atoms with Gasteiger partial charge < -0.3 is 9.84 Å². The molecule has 0 spiro atoms. The molecule has 13 heteroatoms. The van der Waals surface area contributed by atoms with E-state index < -0.39 is 0 Å². The van der Waals surface area contributed by atoms with Crippen molar-refractivity contribution in [1.29, 1.82) is 0 Å². The number of nitrogens with zero attached hydrogens (tertiary/aromatic N) is 7. The molecule has 2 N–H and O–H groups in total. The molecule has 2 bridgehead atoms. The van der Waals surface area contributed by atoms with Gasteiger partial charge in [0.2, 0.25) is 5.88 Å². The molecule has 0 radical (unpaired) electrons. The van der Waals surface area contributed by atoms with Crippen molar-refractivity contribution in [1.82, 2.24) is 39.0 Å². The lowest BCUT2D eigenvalue weighted by Crippen LogP contribution is -2.35. The Bertz CT molecular complexity index is 1570. The first kappa shape index (κ1) is 27.0. The topological polar surface area (TPSA) is 119 Å². The summed E-state index contributed by atoms with van der Waals surface area (Å²) in [6.45, 7) is 9.78. The smallest absolute Gasteiger partial charge is 0.271 e. The minimum absolute atomic E-state index is 0.0869. The quantitative estimate of drug-likeness (QED) is 0.255. The molecule has 2 unspecified atom stereocenters. The number of fused-ring (bicyclic) bond motifs is 4. The van der Waals surface area contributed by atoms with Gasteiger partial charge in [-0.2, -0.15) is 10.2 Å². The molecule has 0 fully saturated rings. The molecule has 4 aromatic rings. The van der Waals surface area contributed by atoms with Crippen LogP contribution in [0.4, 0.5) is 0 Å². The van der Waals surface area contributed by atoms with Gasteiger partial charge >= 0.3 is 0 Å². The third-order valence-corrected chi connectivity index (χ3v) is 8.80. The van der Waals surface area contributed by atoms with Crippen LogP contribution in [0.25, 0.3) is 34.3 Å². The van der Waals surface area contributed by atoms with Gasteiger partial charge in [0.15, 0.2) is 0 Å². The van der Waals surface area contributed by atoms with Crippen LogP contribution in [0.2, 0.25) is 0 Å². The zero-order valence-corrected chi connectivity index (χ0v) is 25.2. The first-order valence-electron chi connectivity index (χ1n) is 12.6. The standard InChI is InChI=1S/C25H32IN8O3P/c1-6-32-11-15(3)37-25-23(16(4)28-31(25)5)20-9-18-19(29-34(38-26)21(18)10-27-20)8-7-17-22(12-32)33(14(2)13-35)30-24(17)36/h7-10,14-15,35,38H,6,11-13H2,1-5H3,(H,30,36)/b8-7+/t14?,15-/m1/s1. The van der Waals surface area contributed by atoms with Crippen LogP contribution < -0.4 is 10.3 Å². The molecule has 202 valence electrons. The number of nitrogens with one attached hydrogen (secondary N) is 1. The normalized spacial score (nSPS) is 18.3. The summed E-state index contributed by atoms with van der Waals surface area (Å²) >= 11 is 2.30. The Morgan fingerprint density at radius 3 is 2.84 bits per heavy atom. The number of aryl methyl sites for hydroxylation is 2. The van der Waals surface area contributed by atoms with E-state index in [2.05, 4.69) is 44.1 Å². The zero-order chi connectivity index (χ0) is 27.1. The molecule has 38 heavy (non-hydrogen) atoms. The average molecular weight is 650 g/mol. The van der Waals surface area contributed by atoms with Crippen molar-refractivity contribution in [2.75, 3.05) is 19.7 Å². The molecule has 3 atom stereocenters. The Balaban J connectivity index is 1.76. The van der Waals surface area contributed by atoms with Crippen molar-refractivity contribution in [2.45, 2.75) is 46.4 Å². The van der Waals surface area contributed by atoms with E-state index in [1.54, 1.807) is 9.36 Å². The lowest BCUT2D eigenvalue weighted by Gasteiger charge is -2.26. The van der Waals surface area contributed by atoms with Gasteiger partial charge in [-0.05, 0) is 67.6 Å². The molecule has 5 rings (SSSR count). The second kappa shape index (κ2) is 10.9. The fourth-order valence-electron chi connectivity index (χ4n) is 4.99. The van der Waals surface area contributed by atoms with Crippen LogP contribution in [0.15, 0.2) is 17.1 Å². The highest BCUT2D eigenvalue weighted by Gasteiger charge is 2.24. The Morgan fingerprint density at radius 2 is 2.13 bits per heavy atom. The molecular weight excluding hydrogens is 618 g/mol. The fourth-order valence-corrected chi connectivity index (χ4v) is 6.51. The first-order valence-corrected chi connectivity index (χ1v) is 16.6. The van der Waals surface area contributed by atoms with Gasteiger partial charge in [-0.3, -0.25) is 24.5 Å². The molecule has 1 aliphatic rings. The van der Waals surface area contributed by atoms with Gasteiger partial charge in [-0.1, -0.05) is 6.92 Å². The number of pyridine rings is 1. The van der Waals surface area contributed by atoms with Crippen molar-refractivity contribution in [3.8, 4) is 17.1 Å². The molecule has 0 amide bonds. The molecule has 0 saturated carbocycles. The number of hydrogen-bond donors (Lipinski definition) is 2. The van der Waals surface area contributed by atoms with Crippen molar-refractivity contribution in [3.05, 3.63) is 45.3 Å². The number of hydrogen-bond acceptors (Lipinski definition) is 7. The van der Waals surface area contributed by atoms with E-state index in [0.29, 0.717) is 30.9 Å². The van der Waals surface area contributed by atoms with Gasteiger partial charge in [0.25, 0.3) is 5.56 Å². The van der Waals surface area contributed by atoms with Gasteiger partial charge in [0.1, 0.15) is 6.10 Å². The molecule has 0 aliphatic carbocycles. The summed E-state index contributed by atoms with van der Waals surface area (Å²) in [7, 11) is 1.88. The number of halogens is 1. The lowest BCUT2D eigenvalue weighted by molar-refractivity contribution is 0.132. The Kier molecular flexibility index (Phi) is 7.77. The number of likely N-dealkylation sites (N-methyl/N-ethyl adjacent to an activating group) is 1. The molecule has 0 aromatic carbocycles. The van der Waals surface area contributed by atoms with Crippen LogP contribution in [-0.4, -0.2) is 69.9 Å². The van der Waals surface area contributed by atoms with Crippen LogP contribution in [-0.2, 0) is 13.6 Å². The summed E-state index contributed by atoms with van der Waals surface area (Å²) in [6, 6.07) is 1.75. The van der Waals surface area contributed by atoms with Crippen LogP contribution in [0, 0.1) is 6.92 Å². The minimum atomic E-state index is -0.275. The second-order valence-corrected chi connectivity index (χ2v) is 11.7. The van der Waals surface area contributed by atoms with Crippen molar-refractivity contribution < 1.29 is 9.84 Å². The summed E-state index contributed by atoms with van der Waals surface area (Å²) in [4.78, 5) is 20.1. The molecule has 0 saturated heterocycles. The van der Waals surface area contributed by atoms with Crippen molar-refractivity contribution >= 4 is 51.5 Å². The summed E-state index contributed by atoms with van der Waals surface area (Å²) in [5.74, 6) is 0.668. The average Bonchev–Trinajstić information content (AvgIpc) is 3.51. The summed E-state index contributed by atoms with van der Waals surface area (Å²) in [5.41, 5.74) is 5.31. The molecule has 11 nitrogen and oxygen atoms in total. The van der Waals surface area contributed by atoms with Gasteiger partial charge in [0, 0.05) is 25.5 Å². The highest BCUT2D eigenvalue weighted by atomic mass is 127. The van der Waals surface area contributed by atoms with E-state index in [0.717, 1.165) is 45.8 Å². The predicted octanol–water partition coefficient (Wildman–Crippen LogP) is 3.75.